The first-order valence-electron chi connectivity index (χ1n) is 4.57. The molecule has 1 nitrogen and oxygen atoms in total. The average Bonchev–Trinajstić information content (AvgIpc) is 1.83. The van der Waals surface area contributed by atoms with Crippen LogP contribution in [0.5, 0.6) is 0 Å². The fourth-order valence-electron chi connectivity index (χ4n) is 1.00. The second-order valence-corrected chi connectivity index (χ2v) is 12.5. The molecule has 0 aromatic rings. The van der Waals surface area contributed by atoms with Gasteiger partial charge in [0.2, 0.25) is 0 Å². The van der Waals surface area contributed by atoms with Gasteiger partial charge >= 0.3 is 0 Å². The lowest BCUT2D eigenvalue weighted by atomic mass is 10.9. The highest BCUT2D eigenvalue weighted by Crippen LogP contribution is 2.13. The Morgan fingerprint density at radius 2 is 1.82 bits per heavy atom. The molecule has 0 amide bonds. The summed E-state index contributed by atoms with van der Waals surface area (Å²) in [6.07, 6.45) is 0. The molecule has 0 radical (unpaired) electrons. The van der Waals surface area contributed by atoms with Crippen molar-refractivity contribution in [1.82, 2.24) is 0 Å². The highest BCUT2D eigenvalue weighted by atomic mass is 28.3. The summed E-state index contributed by atoms with van der Waals surface area (Å²) in [4.78, 5) is 0. The number of hydrogen-bond donors (Lipinski definition) is 0. The lowest BCUT2D eigenvalue weighted by Crippen LogP contribution is -2.23. The molecule has 0 spiro atoms. The van der Waals surface area contributed by atoms with Gasteiger partial charge < -0.3 is 4.43 Å². The minimum Gasteiger partial charge on any atom is -0.421 e. The maximum Gasteiger partial charge on any atom is 0.173 e. The Bertz CT molecular complexity index is 98.8. The summed E-state index contributed by atoms with van der Waals surface area (Å²) in [6.45, 7) is 12.6. The van der Waals surface area contributed by atoms with Gasteiger partial charge in [0.1, 0.15) is 0 Å². The van der Waals surface area contributed by atoms with Crippen molar-refractivity contribution in [3.05, 3.63) is 0 Å². The minimum absolute atomic E-state index is 0.767. The van der Waals surface area contributed by atoms with Gasteiger partial charge in [0, 0.05) is 14.7 Å². The predicted molar refractivity (Wildman–Crippen MR) is 57.6 cm³/mol. The summed E-state index contributed by atoms with van der Waals surface area (Å²) < 4.78 is 5.60. The van der Waals surface area contributed by atoms with E-state index in [1.165, 1.54) is 12.1 Å². The van der Waals surface area contributed by atoms with Crippen molar-refractivity contribution in [3.63, 3.8) is 0 Å². The zero-order valence-corrected chi connectivity index (χ0v) is 10.8. The third kappa shape index (κ3) is 8.30. The van der Waals surface area contributed by atoms with Crippen molar-refractivity contribution in [1.29, 1.82) is 0 Å². The Kier molecular flexibility index (Phi) is 5.30. The van der Waals surface area contributed by atoms with Crippen LogP contribution >= 0.6 is 0 Å². The van der Waals surface area contributed by atoms with Crippen LogP contribution in [0.1, 0.15) is 6.92 Å². The zero-order valence-electron chi connectivity index (χ0n) is 8.61. The highest BCUT2D eigenvalue weighted by Gasteiger charge is 2.15. The standard InChI is InChI=1S/C8H22OSi2/c1-6-9-10(2)7-8-11(3,4)5/h10H,6-8H2,1-5H3. The van der Waals surface area contributed by atoms with Crippen LogP contribution in [-0.4, -0.2) is 23.7 Å². The maximum absolute atomic E-state index is 5.60. The normalized spacial score (nSPS) is 15.0. The second-order valence-electron chi connectivity index (χ2n) is 4.37. The topological polar surface area (TPSA) is 9.23 Å². The van der Waals surface area contributed by atoms with Crippen LogP contribution in [0, 0.1) is 0 Å². The van der Waals surface area contributed by atoms with Crippen LogP contribution in [-0.2, 0) is 4.43 Å². The monoisotopic (exact) mass is 190 g/mol. The first kappa shape index (κ1) is 11.4. The fraction of sp³-hybridized carbons (Fsp3) is 1.00. The van der Waals surface area contributed by atoms with Crippen LogP contribution < -0.4 is 0 Å². The number of rotatable bonds is 5. The molecule has 0 saturated heterocycles. The molecule has 68 valence electrons. The average molecular weight is 190 g/mol. The third-order valence-corrected chi connectivity index (χ3v) is 6.12. The van der Waals surface area contributed by atoms with Crippen molar-refractivity contribution in [3.8, 4) is 0 Å². The van der Waals surface area contributed by atoms with E-state index in [0.717, 1.165) is 6.61 Å². The van der Waals surface area contributed by atoms with E-state index < -0.39 is 17.1 Å². The summed E-state index contributed by atoms with van der Waals surface area (Å²) in [6, 6.07) is 2.82. The Morgan fingerprint density at radius 3 is 2.18 bits per heavy atom. The zero-order chi connectivity index (χ0) is 8.91. The van der Waals surface area contributed by atoms with Gasteiger partial charge in [0.15, 0.2) is 9.04 Å². The quantitative estimate of drug-likeness (QED) is 0.606. The summed E-state index contributed by atoms with van der Waals surface area (Å²) in [7, 11) is -1.56. The van der Waals surface area contributed by atoms with Gasteiger partial charge in [-0.25, -0.2) is 0 Å². The van der Waals surface area contributed by atoms with E-state index in [1.54, 1.807) is 0 Å². The van der Waals surface area contributed by atoms with E-state index in [9.17, 15) is 0 Å². The molecule has 0 saturated carbocycles. The summed E-state index contributed by atoms with van der Waals surface area (Å²) >= 11 is 0. The lowest BCUT2D eigenvalue weighted by molar-refractivity contribution is 0.346. The first-order valence-corrected chi connectivity index (χ1v) is 10.7. The van der Waals surface area contributed by atoms with Crippen molar-refractivity contribution < 1.29 is 4.43 Å². The number of hydrogen-bond acceptors (Lipinski definition) is 1. The van der Waals surface area contributed by atoms with Crippen molar-refractivity contribution in [2.45, 2.75) is 45.2 Å². The molecule has 0 aliphatic heterocycles. The third-order valence-electron chi connectivity index (χ3n) is 1.75. The van der Waals surface area contributed by atoms with E-state index in [1.807, 2.05) is 0 Å². The molecule has 11 heavy (non-hydrogen) atoms. The van der Waals surface area contributed by atoms with Crippen LogP contribution in [0.2, 0.25) is 38.3 Å². The molecule has 0 aromatic heterocycles. The van der Waals surface area contributed by atoms with Gasteiger partial charge in [0.25, 0.3) is 0 Å². The second kappa shape index (κ2) is 5.11. The Morgan fingerprint density at radius 1 is 1.27 bits per heavy atom. The highest BCUT2D eigenvalue weighted by molar-refractivity contribution is 6.77. The molecule has 0 heterocycles. The molecule has 0 fully saturated rings. The Labute approximate surface area is 73.9 Å². The molecule has 0 aliphatic carbocycles. The molecule has 0 N–H and O–H groups in total. The van der Waals surface area contributed by atoms with Crippen LogP contribution in [0.25, 0.3) is 0 Å². The van der Waals surface area contributed by atoms with E-state index in [4.69, 9.17) is 4.43 Å². The Hall–Kier alpha value is 0.394. The molecular formula is C8H22OSi2. The smallest absolute Gasteiger partial charge is 0.173 e. The first-order chi connectivity index (χ1) is 4.95. The molecule has 0 aromatic carbocycles. The largest absolute Gasteiger partial charge is 0.421 e. The van der Waals surface area contributed by atoms with Crippen molar-refractivity contribution >= 4 is 17.1 Å². The van der Waals surface area contributed by atoms with Crippen LogP contribution in [0.15, 0.2) is 0 Å². The predicted octanol–water partition coefficient (Wildman–Crippen LogP) is 2.71. The minimum atomic E-state index is -0.794. The van der Waals surface area contributed by atoms with Crippen LogP contribution in [0.3, 0.4) is 0 Å². The van der Waals surface area contributed by atoms with Gasteiger partial charge in [-0.05, 0) is 19.5 Å². The van der Waals surface area contributed by atoms with Gasteiger partial charge in [-0.3, -0.25) is 0 Å². The molecule has 1 unspecified atom stereocenters. The van der Waals surface area contributed by atoms with Gasteiger partial charge in [-0.1, -0.05) is 25.7 Å². The summed E-state index contributed by atoms with van der Waals surface area (Å²) in [5, 5.41) is 0. The molecule has 1 atom stereocenters. The SMILES string of the molecule is CCO[SiH](C)CC[Si](C)(C)C. The van der Waals surface area contributed by atoms with Crippen LogP contribution in [0.4, 0.5) is 0 Å². The molecule has 3 heteroatoms. The maximum atomic E-state index is 5.60. The molecule has 0 aliphatic rings. The van der Waals surface area contributed by atoms with E-state index in [0.29, 0.717) is 0 Å². The van der Waals surface area contributed by atoms with Gasteiger partial charge in [-0.2, -0.15) is 0 Å². The Balaban J connectivity index is 3.38. The van der Waals surface area contributed by atoms with E-state index in [-0.39, 0.29) is 0 Å². The fourth-order valence-corrected chi connectivity index (χ4v) is 6.83. The molecule has 0 bridgehead atoms. The molecular weight excluding hydrogens is 168 g/mol. The van der Waals surface area contributed by atoms with E-state index >= 15 is 0 Å². The van der Waals surface area contributed by atoms with Gasteiger partial charge in [0.05, 0.1) is 0 Å². The molecule has 0 rings (SSSR count). The summed E-state index contributed by atoms with van der Waals surface area (Å²) in [5.74, 6) is 0. The van der Waals surface area contributed by atoms with Gasteiger partial charge in [-0.15, -0.1) is 0 Å². The summed E-state index contributed by atoms with van der Waals surface area (Å²) in [5.41, 5.74) is 0. The van der Waals surface area contributed by atoms with E-state index in [2.05, 4.69) is 33.1 Å². The van der Waals surface area contributed by atoms with Crippen molar-refractivity contribution in [2.75, 3.05) is 6.61 Å². The lowest BCUT2D eigenvalue weighted by Gasteiger charge is -2.17. The van der Waals surface area contributed by atoms with Crippen molar-refractivity contribution in [2.24, 2.45) is 0 Å².